The summed E-state index contributed by atoms with van der Waals surface area (Å²) in [6.07, 6.45) is 2.02. The lowest BCUT2D eigenvalue weighted by Gasteiger charge is -2.32. The van der Waals surface area contributed by atoms with Crippen LogP contribution in [-0.4, -0.2) is 34.1 Å². The molecule has 1 saturated heterocycles. The molecule has 1 aromatic heterocycles. The Balaban J connectivity index is 1.63. The van der Waals surface area contributed by atoms with E-state index in [1.54, 1.807) is 6.07 Å². The maximum Gasteiger partial charge on any atom is 0.274 e. The number of piperidine rings is 1. The fraction of sp³-hybridized carbons (Fsp3) is 0.353. The van der Waals surface area contributed by atoms with Gasteiger partial charge in [0.05, 0.1) is 5.69 Å². The van der Waals surface area contributed by atoms with Gasteiger partial charge in [0.1, 0.15) is 0 Å². The van der Waals surface area contributed by atoms with Crippen molar-refractivity contribution in [3.8, 4) is 0 Å². The summed E-state index contributed by atoms with van der Waals surface area (Å²) < 4.78 is 0. The first-order chi connectivity index (χ1) is 10.2. The monoisotopic (exact) mass is 281 g/mol. The number of carbonyl (C=O) groups is 1. The van der Waals surface area contributed by atoms with Crippen LogP contribution in [0.1, 0.15) is 40.5 Å². The molecule has 0 bridgehead atoms. The maximum absolute atomic E-state index is 12.4. The van der Waals surface area contributed by atoms with E-state index < -0.39 is 0 Å². The zero-order valence-corrected chi connectivity index (χ0v) is 12.2. The number of benzene rings is 1. The third-order valence-corrected chi connectivity index (χ3v) is 4.07. The third-order valence-electron chi connectivity index (χ3n) is 4.07. The summed E-state index contributed by atoms with van der Waals surface area (Å²) in [6.45, 7) is 3.44. The summed E-state index contributed by atoms with van der Waals surface area (Å²) in [6, 6.07) is 14.1. The Morgan fingerprint density at radius 3 is 2.38 bits per heavy atom. The normalized spacial score (nSPS) is 16.0. The Morgan fingerprint density at radius 2 is 1.76 bits per heavy atom. The number of carbonyl (C=O) groups excluding carboxylic acids is 1. The summed E-state index contributed by atoms with van der Waals surface area (Å²) >= 11 is 0. The molecule has 2 heterocycles. The van der Waals surface area contributed by atoms with Crippen molar-refractivity contribution in [1.82, 2.24) is 15.1 Å². The second-order valence-electron chi connectivity index (χ2n) is 5.54. The zero-order chi connectivity index (χ0) is 14.7. The minimum atomic E-state index is -0.00554. The summed E-state index contributed by atoms with van der Waals surface area (Å²) in [5.74, 6) is 0.549. The van der Waals surface area contributed by atoms with E-state index in [0.29, 0.717) is 11.6 Å². The standard InChI is InChI=1S/C17H19N3O/c1-13-7-8-16(19-18-13)17(21)20-11-9-15(10-12-20)14-5-3-2-4-6-14/h2-8,15H,9-12H2,1H3. The van der Waals surface area contributed by atoms with Gasteiger partial charge in [-0.15, -0.1) is 5.10 Å². The van der Waals surface area contributed by atoms with Crippen LogP contribution in [0.15, 0.2) is 42.5 Å². The Morgan fingerprint density at radius 1 is 1.05 bits per heavy atom. The van der Waals surface area contributed by atoms with Gasteiger partial charge in [0.15, 0.2) is 5.69 Å². The molecule has 0 N–H and O–H groups in total. The highest BCUT2D eigenvalue weighted by Gasteiger charge is 2.25. The number of hydrogen-bond donors (Lipinski definition) is 0. The highest BCUT2D eigenvalue weighted by Crippen LogP contribution is 2.28. The number of rotatable bonds is 2. The van der Waals surface area contributed by atoms with Crippen molar-refractivity contribution >= 4 is 5.91 Å². The highest BCUT2D eigenvalue weighted by atomic mass is 16.2. The minimum Gasteiger partial charge on any atom is -0.337 e. The van der Waals surface area contributed by atoms with Crippen LogP contribution in [0.3, 0.4) is 0 Å². The Bertz CT molecular complexity index is 602. The molecule has 4 heteroatoms. The fourth-order valence-corrected chi connectivity index (χ4v) is 2.82. The summed E-state index contributed by atoms with van der Waals surface area (Å²) in [7, 11) is 0. The minimum absolute atomic E-state index is 0.00554. The molecular weight excluding hydrogens is 262 g/mol. The molecular formula is C17H19N3O. The number of likely N-dealkylation sites (tertiary alicyclic amines) is 1. The third kappa shape index (κ3) is 3.10. The van der Waals surface area contributed by atoms with Gasteiger partial charge in [0, 0.05) is 13.1 Å². The number of aryl methyl sites for hydroxylation is 1. The van der Waals surface area contributed by atoms with Crippen molar-refractivity contribution in [1.29, 1.82) is 0 Å². The lowest BCUT2D eigenvalue weighted by Crippen LogP contribution is -2.38. The van der Waals surface area contributed by atoms with Gasteiger partial charge >= 0.3 is 0 Å². The van der Waals surface area contributed by atoms with E-state index in [2.05, 4.69) is 34.5 Å². The SMILES string of the molecule is Cc1ccc(C(=O)N2CCC(c3ccccc3)CC2)nn1. The van der Waals surface area contributed by atoms with Gasteiger partial charge in [-0.3, -0.25) is 4.79 Å². The van der Waals surface area contributed by atoms with Crippen LogP contribution in [0.5, 0.6) is 0 Å². The van der Waals surface area contributed by atoms with Crippen LogP contribution in [0.25, 0.3) is 0 Å². The Hall–Kier alpha value is -2.23. The molecule has 0 atom stereocenters. The molecule has 3 rings (SSSR count). The Labute approximate surface area is 124 Å². The molecule has 1 fully saturated rings. The van der Waals surface area contributed by atoms with Gasteiger partial charge in [-0.2, -0.15) is 5.10 Å². The molecule has 108 valence electrons. The number of hydrogen-bond acceptors (Lipinski definition) is 3. The summed E-state index contributed by atoms with van der Waals surface area (Å²) in [5.41, 5.74) is 2.65. The Kier molecular flexibility index (Phi) is 3.95. The molecule has 0 radical (unpaired) electrons. The average molecular weight is 281 g/mol. The molecule has 0 spiro atoms. The lowest BCUT2D eigenvalue weighted by molar-refractivity contribution is 0.0706. The van der Waals surface area contributed by atoms with Gasteiger partial charge in [0.25, 0.3) is 5.91 Å². The number of nitrogens with zero attached hydrogens (tertiary/aromatic N) is 3. The van der Waals surface area contributed by atoms with Crippen molar-refractivity contribution in [3.05, 3.63) is 59.4 Å². The molecule has 21 heavy (non-hydrogen) atoms. The van der Waals surface area contributed by atoms with Crippen molar-refractivity contribution in [2.75, 3.05) is 13.1 Å². The molecule has 1 aromatic carbocycles. The molecule has 1 aliphatic heterocycles. The molecule has 1 amide bonds. The predicted octanol–water partition coefficient (Wildman–Crippen LogP) is 2.80. The summed E-state index contributed by atoms with van der Waals surface area (Å²) in [4.78, 5) is 14.3. The molecule has 1 aliphatic rings. The van der Waals surface area contributed by atoms with Crippen LogP contribution in [0.4, 0.5) is 0 Å². The first-order valence-electron chi connectivity index (χ1n) is 7.38. The van der Waals surface area contributed by atoms with Gasteiger partial charge in [-0.1, -0.05) is 30.3 Å². The molecule has 0 unspecified atom stereocenters. The van der Waals surface area contributed by atoms with Crippen LogP contribution < -0.4 is 0 Å². The first kappa shape index (κ1) is 13.7. The number of aromatic nitrogens is 2. The largest absolute Gasteiger partial charge is 0.337 e. The van der Waals surface area contributed by atoms with Crippen molar-refractivity contribution < 1.29 is 4.79 Å². The van der Waals surface area contributed by atoms with E-state index in [1.165, 1.54) is 5.56 Å². The van der Waals surface area contributed by atoms with Crippen LogP contribution >= 0.6 is 0 Å². The number of amides is 1. The zero-order valence-electron chi connectivity index (χ0n) is 12.2. The quantitative estimate of drug-likeness (QED) is 0.850. The molecule has 4 nitrogen and oxygen atoms in total. The average Bonchev–Trinajstić information content (AvgIpc) is 2.56. The molecule has 2 aromatic rings. The van der Waals surface area contributed by atoms with E-state index in [0.717, 1.165) is 31.6 Å². The highest BCUT2D eigenvalue weighted by molar-refractivity contribution is 5.92. The van der Waals surface area contributed by atoms with Gasteiger partial charge in [-0.05, 0) is 43.4 Å². The van der Waals surface area contributed by atoms with Crippen molar-refractivity contribution in [2.24, 2.45) is 0 Å². The second-order valence-corrected chi connectivity index (χ2v) is 5.54. The van der Waals surface area contributed by atoms with Crippen molar-refractivity contribution in [3.63, 3.8) is 0 Å². The van der Waals surface area contributed by atoms with Gasteiger partial charge in [0.2, 0.25) is 0 Å². The van der Waals surface area contributed by atoms with Crippen LogP contribution in [0.2, 0.25) is 0 Å². The molecule has 0 saturated carbocycles. The van der Waals surface area contributed by atoms with E-state index in [1.807, 2.05) is 24.0 Å². The van der Waals surface area contributed by atoms with Crippen LogP contribution in [0, 0.1) is 6.92 Å². The van der Waals surface area contributed by atoms with Gasteiger partial charge < -0.3 is 4.90 Å². The molecule has 0 aliphatic carbocycles. The fourth-order valence-electron chi connectivity index (χ4n) is 2.82. The first-order valence-corrected chi connectivity index (χ1v) is 7.38. The van der Waals surface area contributed by atoms with E-state index in [9.17, 15) is 4.79 Å². The van der Waals surface area contributed by atoms with Crippen LogP contribution in [-0.2, 0) is 0 Å². The predicted molar refractivity (Wildman–Crippen MR) is 81.1 cm³/mol. The smallest absolute Gasteiger partial charge is 0.274 e. The summed E-state index contributed by atoms with van der Waals surface area (Å²) in [5, 5.41) is 7.95. The van der Waals surface area contributed by atoms with Gasteiger partial charge in [-0.25, -0.2) is 0 Å². The second kappa shape index (κ2) is 6.04. The van der Waals surface area contributed by atoms with E-state index in [-0.39, 0.29) is 5.91 Å². The van der Waals surface area contributed by atoms with E-state index in [4.69, 9.17) is 0 Å². The van der Waals surface area contributed by atoms with E-state index >= 15 is 0 Å². The topological polar surface area (TPSA) is 46.1 Å². The lowest BCUT2D eigenvalue weighted by atomic mass is 9.89. The van der Waals surface area contributed by atoms with Crippen molar-refractivity contribution in [2.45, 2.75) is 25.7 Å². The maximum atomic E-state index is 12.4.